The van der Waals surface area contributed by atoms with Crippen LogP contribution in [0.15, 0.2) is 34.3 Å². The van der Waals surface area contributed by atoms with Gasteiger partial charge in [-0.25, -0.2) is 9.98 Å². The molecule has 20 heavy (non-hydrogen) atoms. The van der Waals surface area contributed by atoms with Gasteiger partial charge in [-0.05, 0) is 19.1 Å². The average molecular weight is 299 g/mol. The molecule has 1 unspecified atom stereocenters. The summed E-state index contributed by atoms with van der Waals surface area (Å²) in [6.45, 7) is -1.16. The van der Waals surface area contributed by atoms with Gasteiger partial charge in [-0.15, -0.1) is 0 Å². The molecular weight excluding hydrogens is 288 g/mol. The largest absolute Gasteiger partial charge is 0.433 e. The predicted molar refractivity (Wildman–Crippen MR) is 73.9 cm³/mol. The topological polar surface area (TPSA) is 63.1 Å². The predicted octanol–water partition coefficient (Wildman–Crippen LogP) is 2.56. The first kappa shape index (κ1) is 14.4. The molecule has 1 aromatic carbocycles. The van der Waals surface area contributed by atoms with Crippen molar-refractivity contribution in [2.45, 2.75) is 18.8 Å². The van der Waals surface area contributed by atoms with Crippen molar-refractivity contribution in [1.29, 1.82) is 0 Å². The molecule has 1 amide bonds. The van der Waals surface area contributed by atoms with Crippen LogP contribution in [0.2, 0.25) is 0 Å². The summed E-state index contributed by atoms with van der Waals surface area (Å²) < 4.78 is 28.7. The molecule has 1 aliphatic heterocycles. The van der Waals surface area contributed by atoms with Crippen LogP contribution in [0.3, 0.4) is 0 Å². The number of carbonyl (C=O) groups excluding carboxylic acids is 1. The molecule has 1 heterocycles. The van der Waals surface area contributed by atoms with E-state index in [1.54, 1.807) is 19.1 Å². The number of alkyl halides is 2. The number of nitrogens with one attached hydrogen (secondary N) is 1. The van der Waals surface area contributed by atoms with E-state index in [2.05, 4.69) is 20.0 Å². The summed E-state index contributed by atoms with van der Waals surface area (Å²) in [5.41, 5.74) is 0.236. The van der Waals surface area contributed by atoms with E-state index in [-0.39, 0.29) is 22.6 Å². The highest BCUT2D eigenvalue weighted by molar-refractivity contribution is 8.15. The Morgan fingerprint density at radius 1 is 1.45 bits per heavy atom. The first-order valence-electron chi connectivity index (χ1n) is 5.68. The van der Waals surface area contributed by atoms with Crippen molar-refractivity contribution in [3.05, 3.63) is 24.3 Å². The number of carbonyl (C=O) groups is 1. The standard InChI is InChI=1S/C12H11F2N3O2S/c1-7-10(18)17-12(20-7)16-6-15-8-4-2-3-5-9(8)19-11(13)14/h2-7,11H,1H3,(H,15,16,17,18). The molecule has 2 rings (SSSR count). The van der Waals surface area contributed by atoms with Crippen LogP contribution in [-0.4, -0.2) is 29.3 Å². The van der Waals surface area contributed by atoms with Gasteiger partial charge in [-0.2, -0.15) is 8.78 Å². The summed E-state index contributed by atoms with van der Waals surface area (Å²) in [5.74, 6) is -0.154. The van der Waals surface area contributed by atoms with Crippen LogP contribution < -0.4 is 10.1 Å². The Hall–Kier alpha value is -1.96. The Morgan fingerprint density at radius 3 is 2.85 bits per heavy atom. The third-order valence-electron chi connectivity index (χ3n) is 2.34. The quantitative estimate of drug-likeness (QED) is 0.686. The maximum atomic E-state index is 12.2. The Balaban J connectivity index is 2.08. The SMILES string of the molecule is CC1SC(=NC=Nc2ccccc2OC(F)F)NC1=O. The average Bonchev–Trinajstić information content (AvgIpc) is 2.70. The number of halogens is 2. The van der Waals surface area contributed by atoms with Crippen LogP contribution in [0, 0.1) is 0 Å². The molecule has 0 aliphatic carbocycles. The van der Waals surface area contributed by atoms with Crippen molar-refractivity contribution < 1.29 is 18.3 Å². The van der Waals surface area contributed by atoms with E-state index < -0.39 is 6.61 Å². The van der Waals surface area contributed by atoms with Crippen LogP contribution in [0.4, 0.5) is 14.5 Å². The molecule has 1 aromatic rings. The lowest BCUT2D eigenvalue weighted by Gasteiger charge is -2.06. The van der Waals surface area contributed by atoms with Gasteiger partial charge in [-0.1, -0.05) is 23.9 Å². The number of hydrogen-bond acceptors (Lipinski definition) is 4. The van der Waals surface area contributed by atoms with Gasteiger partial charge in [0.15, 0.2) is 10.9 Å². The van der Waals surface area contributed by atoms with Gasteiger partial charge in [0.1, 0.15) is 12.0 Å². The molecular formula is C12H11F2N3O2S. The number of ether oxygens (including phenoxy) is 1. The molecule has 0 saturated carbocycles. The number of rotatable bonds is 4. The normalized spacial score (nSPS) is 20.9. The summed E-state index contributed by atoms with van der Waals surface area (Å²) in [5, 5.41) is 2.80. The third kappa shape index (κ3) is 3.77. The zero-order valence-electron chi connectivity index (χ0n) is 10.4. The molecule has 8 heteroatoms. The maximum Gasteiger partial charge on any atom is 0.387 e. The molecule has 1 saturated heterocycles. The molecule has 5 nitrogen and oxygen atoms in total. The second-order valence-electron chi connectivity index (χ2n) is 3.77. The number of amidine groups is 1. The van der Waals surface area contributed by atoms with Gasteiger partial charge < -0.3 is 10.1 Å². The number of nitrogens with zero attached hydrogens (tertiary/aromatic N) is 2. The summed E-state index contributed by atoms with van der Waals surface area (Å²) in [4.78, 5) is 19.1. The Labute approximate surface area is 118 Å². The fourth-order valence-corrected chi connectivity index (χ4v) is 2.19. The number of amides is 1. The van der Waals surface area contributed by atoms with E-state index in [9.17, 15) is 13.6 Å². The summed E-state index contributed by atoms with van der Waals surface area (Å²) in [6.07, 6.45) is 1.19. The Morgan fingerprint density at radius 2 is 2.20 bits per heavy atom. The lowest BCUT2D eigenvalue weighted by atomic mass is 10.3. The molecule has 106 valence electrons. The highest BCUT2D eigenvalue weighted by atomic mass is 32.2. The number of hydrogen-bond donors (Lipinski definition) is 1. The molecule has 1 aliphatic rings. The second kappa shape index (κ2) is 6.47. The smallest absolute Gasteiger partial charge is 0.387 e. The lowest BCUT2D eigenvalue weighted by Crippen LogP contribution is -2.23. The van der Waals surface area contributed by atoms with Crippen LogP contribution in [0.25, 0.3) is 0 Å². The molecule has 0 aromatic heterocycles. The van der Waals surface area contributed by atoms with Gasteiger partial charge in [0, 0.05) is 0 Å². The zero-order valence-corrected chi connectivity index (χ0v) is 11.2. The zero-order chi connectivity index (χ0) is 14.5. The van der Waals surface area contributed by atoms with Crippen LogP contribution in [0.1, 0.15) is 6.92 Å². The number of aliphatic imine (C=N–C) groups is 2. The van der Waals surface area contributed by atoms with E-state index in [4.69, 9.17) is 0 Å². The van der Waals surface area contributed by atoms with Crippen molar-refractivity contribution in [2.75, 3.05) is 0 Å². The monoisotopic (exact) mass is 299 g/mol. The maximum absolute atomic E-state index is 12.2. The molecule has 0 radical (unpaired) electrons. The summed E-state index contributed by atoms with van der Waals surface area (Å²) in [7, 11) is 0. The first-order valence-corrected chi connectivity index (χ1v) is 6.56. The molecule has 0 spiro atoms. The summed E-state index contributed by atoms with van der Waals surface area (Å²) in [6, 6.07) is 6.13. The van der Waals surface area contributed by atoms with Gasteiger partial charge in [-0.3, -0.25) is 4.79 Å². The van der Waals surface area contributed by atoms with Gasteiger partial charge in [0.2, 0.25) is 5.91 Å². The molecule has 1 fully saturated rings. The second-order valence-corrected chi connectivity index (χ2v) is 5.10. The van der Waals surface area contributed by atoms with Crippen molar-refractivity contribution in [3.63, 3.8) is 0 Å². The van der Waals surface area contributed by atoms with Gasteiger partial charge in [0.05, 0.1) is 5.25 Å². The molecule has 0 bridgehead atoms. The van der Waals surface area contributed by atoms with Crippen LogP contribution in [-0.2, 0) is 4.79 Å². The minimum atomic E-state index is -2.91. The van der Waals surface area contributed by atoms with Crippen molar-refractivity contribution in [1.82, 2.24) is 5.32 Å². The van der Waals surface area contributed by atoms with Crippen molar-refractivity contribution in [3.8, 4) is 5.75 Å². The highest BCUT2D eigenvalue weighted by Gasteiger charge is 2.25. The van der Waals surface area contributed by atoms with E-state index in [0.29, 0.717) is 5.17 Å². The minimum absolute atomic E-state index is 0.0320. The van der Waals surface area contributed by atoms with E-state index in [1.165, 1.54) is 30.2 Å². The minimum Gasteiger partial charge on any atom is -0.433 e. The summed E-state index contributed by atoms with van der Waals surface area (Å²) >= 11 is 1.27. The van der Waals surface area contributed by atoms with Gasteiger partial charge in [0.25, 0.3) is 0 Å². The fourth-order valence-electron chi connectivity index (χ4n) is 1.42. The number of benzene rings is 1. The number of thioether (sulfide) groups is 1. The third-order valence-corrected chi connectivity index (χ3v) is 3.34. The Kier molecular flexibility index (Phi) is 4.67. The van der Waals surface area contributed by atoms with Crippen molar-refractivity contribution >= 4 is 34.9 Å². The van der Waals surface area contributed by atoms with E-state index in [0.717, 1.165) is 0 Å². The van der Waals surface area contributed by atoms with Crippen LogP contribution >= 0.6 is 11.8 Å². The van der Waals surface area contributed by atoms with E-state index >= 15 is 0 Å². The Bertz CT molecular complexity index is 563. The fraction of sp³-hybridized carbons (Fsp3) is 0.250. The molecule has 1 N–H and O–H groups in total. The lowest BCUT2D eigenvalue weighted by molar-refractivity contribution is -0.118. The first-order chi connectivity index (χ1) is 9.56. The number of para-hydroxylation sites is 2. The van der Waals surface area contributed by atoms with Gasteiger partial charge >= 0.3 is 6.61 Å². The highest BCUT2D eigenvalue weighted by Crippen LogP contribution is 2.28. The molecule has 1 atom stereocenters. The van der Waals surface area contributed by atoms with Crippen LogP contribution in [0.5, 0.6) is 5.75 Å². The van der Waals surface area contributed by atoms with E-state index in [1.807, 2.05) is 0 Å². The van der Waals surface area contributed by atoms with Crippen molar-refractivity contribution in [2.24, 2.45) is 9.98 Å².